The third kappa shape index (κ3) is 4.01. The molecule has 1 aromatic heterocycles. The van der Waals surface area contributed by atoms with Crippen molar-refractivity contribution < 1.29 is 9.18 Å². The maximum atomic E-state index is 13.8. The van der Waals surface area contributed by atoms with E-state index < -0.39 is 0 Å². The van der Waals surface area contributed by atoms with Gasteiger partial charge in [-0.25, -0.2) is 9.18 Å². The molecule has 0 saturated heterocycles. The predicted octanol–water partition coefficient (Wildman–Crippen LogP) is 3.30. The van der Waals surface area contributed by atoms with Crippen molar-refractivity contribution in [3.63, 3.8) is 0 Å². The Hall–Kier alpha value is -2.08. The van der Waals surface area contributed by atoms with Crippen LogP contribution in [0.1, 0.15) is 23.7 Å². The molecule has 0 aliphatic carbocycles. The lowest BCUT2D eigenvalue weighted by Crippen LogP contribution is -2.39. The Morgan fingerprint density at radius 2 is 2.22 bits per heavy atom. The summed E-state index contributed by atoms with van der Waals surface area (Å²) in [5.74, 6) is 0.585. The molecular weight excluding hydrogens is 313 g/mol. The van der Waals surface area contributed by atoms with Gasteiger partial charge in [-0.05, 0) is 30.2 Å². The molecule has 0 saturated carbocycles. The van der Waals surface area contributed by atoms with Crippen LogP contribution in [0.4, 0.5) is 9.18 Å². The van der Waals surface area contributed by atoms with Gasteiger partial charge in [-0.3, -0.25) is 4.98 Å². The van der Waals surface area contributed by atoms with Gasteiger partial charge in [-0.1, -0.05) is 18.2 Å². The van der Waals surface area contributed by atoms with Gasteiger partial charge in [0.25, 0.3) is 0 Å². The third-order valence-electron chi connectivity index (χ3n) is 3.72. The number of rotatable bonds is 4. The van der Waals surface area contributed by atoms with E-state index in [0.29, 0.717) is 17.9 Å². The summed E-state index contributed by atoms with van der Waals surface area (Å²) in [5.41, 5.74) is 1.80. The molecule has 23 heavy (non-hydrogen) atoms. The van der Waals surface area contributed by atoms with Crippen LogP contribution in [0.2, 0.25) is 0 Å². The number of hydrogen-bond acceptors (Lipinski definition) is 3. The maximum Gasteiger partial charge on any atom is 0.315 e. The van der Waals surface area contributed by atoms with Crippen molar-refractivity contribution in [3.8, 4) is 0 Å². The van der Waals surface area contributed by atoms with Gasteiger partial charge < -0.3 is 10.6 Å². The second-order valence-electron chi connectivity index (χ2n) is 5.32. The van der Waals surface area contributed by atoms with Crippen LogP contribution in [0.3, 0.4) is 0 Å². The molecule has 2 amide bonds. The molecule has 1 aliphatic heterocycles. The smallest absolute Gasteiger partial charge is 0.315 e. The van der Waals surface area contributed by atoms with Gasteiger partial charge in [-0.15, -0.1) is 11.8 Å². The summed E-state index contributed by atoms with van der Waals surface area (Å²) in [6.45, 7) is 0.514. The van der Waals surface area contributed by atoms with Gasteiger partial charge in [0.1, 0.15) is 5.82 Å². The highest BCUT2D eigenvalue weighted by Crippen LogP contribution is 2.37. The normalized spacial score (nSPS) is 16.5. The van der Waals surface area contributed by atoms with E-state index in [2.05, 4.69) is 15.6 Å². The molecule has 1 aliphatic rings. The van der Waals surface area contributed by atoms with Gasteiger partial charge in [0.05, 0.1) is 6.04 Å². The molecule has 1 aromatic carbocycles. The van der Waals surface area contributed by atoms with Gasteiger partial charge in [0, 0.05) is 35.5 Å². The lowest BCUT2D eigenvalue weighted by Gasteiger charge is -2.26. The van der Waals surface area contributed by atoms with E-state index in [0.717, 1.165) is 23.4 Å². The van der Waals surface area contributed by atoms with Crippen LogP contribution >= 0.6 is 11.8 Å². The number of nitrogens with zero attached hydrogens (tertiary/aromatic N) is 1. The maximum absolute atomic E-state index is 13.8. The molecule has 0 radical (unpaired) electrons. The standard InChI is InChI=1S/C17H18FN3OS/c18-14-6-3-5-13-15(8-11-23-16(13)14)21-17(22)20-10-7-12-4-1-2-9-19-12/h1-6,9,15H,7-8,10-11H2,(H2,20,21,22). The molecule has 2 N–H and O–H groups in total. The summed E-state index contributed by atoms with van der Waals surface area (Å²) in [5, 5.41) is 5.77. The Bertz CT molecular complexity index is 681. The Kier molecular flexibility index (Phi) is 5.12. The molecule has 4 nitrogen and oxygen atoms in total. The number of hydrogen-bond donors (Lipinski definition) is 2. The summed E-state index contributed by atoms with van der Waals surface area (Å²) >= 11 is 1.51. The Balaban J connectivity index is 1.54. The Morgan fingerprint density at radius 3 is 3.04 bits per heavy atom. The fourth-order valence-electron chi connectivity index (χ4n) is 2.60. The van der Waals surface area contributed by atoms with Crippen molar-refractivity contribution in [3.05, 3.63) is 59.7 Å². The Morgan fingerprint density at radius 1 is 1.30 bits per heavy atom. The molecule has 0 spiro atoms. The zero-order valence-electron chi connectivity index (χ0n) is 12.6. The van der Waals surface area contributed by atoms with Crippen LogP contribution in [0, 0.1) is 5.82 Å². The van der Waals surface area contributed by atoms with Gasteiger partial charge in [0.2, 0.25) is 0 Å². The van der Waals surface area contributed by atoms with E-state index in [4.69, 9.17) is 0 Å². The van der Waals surface area contributed by atoms with Crippen molar-refractivity contribution in [2.75, 3.05) is 12.3 Å². The molecule has 0 bridgehead atoms. The number of carbonyl (C=O) groups excluding carboxylic acids is 1. The molecule has 6 heteroatoms. The van der Waals surface area contributed by atoms with Gasteiger partial charge in [-0.2, -0.15) is 0 Å². The first kappa shape index (κ1) is 15.8. The van der Waals surface area contributed by atoms with E-state index in [1.54, 1.807) is 12.3 Å². The quantitative estimate of drug-likeness (QED) is 0.904. The highest BCUT2D eigenvalue weighted by molar-refractivity contribution is 7.99. The van der Waals surface area contributed by atoms with Crippen molar-refractivity contribution in [2.24, 2.45) is 0 Å². The number of amides is 2. The van der Waals surface area contributed by atoms with E-state index in [1.807, 2.05) is 24.3 Å². The molecule has 2 heterocycles. The molecule has 1 atom stereocenters. The second-order valence-corrected chi connectivity index (χ2v) is 6.42. The van der Waals surface area contributed by atoms with Crippen LogP contribution in [-0.2, 0) is 6.42 Å². The summed E-state index contributed by atoms with van der Waals surface area (Å²) in [6.07, 6.45) is 3.22. The number of urea groups is 1. The zero-order chi connectivity index (χ0) is 16.1. The van der Waals surface area contributed by atoms with Crippen LogP contribution < -0.4 is 10.6 Å². The van der Waals surface area contributed by atoms with E-state index in [9.17, 15) is 9.18 Å². The van der Waals surface area contributed by atoms with Crippen LogP contribution in [0.5, 0.6) is 0 Å². The Labute approximate surface area is 138 Å². The number of benzene rings is 1. The summed E-state index contributed by atoms with van der Waals surface area (Å²) in [6, 6.07) is 10.4. The van der Waals surface area contributed by atoms with Gasteiger partial charge in [0.15, 0.2) is 0 Å². The monoisotopic (exact) mass is 331 g/mol. The number of fused-ring (bicyclic) bond motifs is 1. The van der Waals surface area contributed by atoms with E-state index in [1.165, 1.54) is 17.8 Å². The SMILES string of the molecule is O=C(NCCc1ccccn1)NC1CCSc2c(F)cccc21. The van der Waals surface area contributed by atoms with Gasteiger partial charge >= 0.3 is 6.03 Å². The zero-order valence-corrected chi connectivity index (χ0v) is 13.4. The first-order chi connectivity index (χ1) is 11.2. The lowest BCUT2D eigenvalue weighted by atomic mass is 10.0. The topological polar surface area (TPSA) is 54.0 Å². The first-order valence-corrected chi connectivity index (χ1v) is 8.58. The van der Waals surface area contributed by atoms with E-state index in [-0.39, 0.29) is 17.9 Å². The molecular formula is C17H18FN3OS. The number of nitrogens with one attached hydrogen (secondary N) is 2. The number of aromatic nitrogens is 1. The molecule has 3 rings (SSSR count). The van der Waals surface area contributed by atoms with Crippen molar-refractivity contribution in [1.29, 1.82) is 0 Å². The molecule has 120 valence electrons. The second kappa shape index (κ2) is 7.46. The third-order valence-corrected chi connectivity index (χ3v) is 4.88. The molecule has 2 aromatic rings. The summed E-state index contributed by atoms with van der Waals surface area (Å²) in [4.78, 5) is 16.9. The number of halogens is 1. The van der Waals surface area contributed by atoms with Crippen LogP contribution in [-0.4, -0.2) is 23.3 Å². The average molecular weight is 331 g/mol. The van der Waals surface area contributed by atoms with Crippen molar-refractivity contribution in [1.82, 2.24) is 15.6 Å². The van der Waals surface area contributed by atoms with E-state index >= 15 is 0 Å². The first-order valence-electron chi connectivity index (χ1n) is 7.59. The fourth-order valence-corrected chi connectivity index (χ4v) is 3.74. The number of pyridine rings is 1. The van der Waals surface area contributed by atoms with Crippen LogP contribution in [0.15, 0.2) is 47.5 Å². The average Bonchev–Trinajstić information content (AvgIpc) is 2.57. The fraction of sp³-hybridized carbons (Fsp3) is 0.294. The van der Waals surface area contributed by atoms with Crippen molar-refractivity contribution >= 4 is 17.8 Å². The minimum Gasteiger partial charge on any atom is -0.338 e. The minimum absolute atomic E-state index is 0.142. The molecule has 1 unspecified atom stereocenters. The van der Waals surface area contributed by atoms with Crippen molar-refractivity contribution in [2.45, 2.75) is 23.8 Å². The lowest BCUT2D eigenvalue weighted by molar-refractivity contribution is 0.236. The number of carbonyl (C=O) groups is 1. The van der Waals surface area contributed by atoms with Crippen LogP contribution in [0.25, 0.3) is 0 Å². The highest BCUT2D eigenvalue weighted by Gasteiger charge is 2.24. The number of thioether (sulfide) groups is 1. The minimum atomic E-state index is -0.229. The molecule has 0 fully saturated rings. The summed E-state index contributed by atoms with van der Waals surface area (Å²) in [7, 11) is 0. The largest absolute Gasteiger partial charge is 0.338 e. The predicted molar refractivity (Wildman–Crippen MR) is 89.0 cm³/mol. The summed E-state index contributed by atoms with van der Waals surface area (Å²) < 4.78 is 13.8. The highest BCUT2D eigenvalue weighted by atomic mass is 32.2.